The average molecular weight is 671 g/mol. The SMILES string of the molecule is CC1(C)C(c2ccc(C(=O)O)cc2)=CCC2(C)C1CCC1(C)C2CCC2C3CCCC3(CNCCc3ccc(S(N)=O)cc3)CC[C@]21C. The number of hydrogen-bond acceptors (Lipinski definition) is 3. The van der Waals surface area contributed by atoms with Crippen molar-refractivity contribution in [2.45, 2.75) is 110 Å². The molecule has 4 saturated carbocycles. The Kier molecular flexibility index (Phi) is 8.68. The Balaban J connectivity index is 1.08. The van der Waals surface area contributed by atoms with E-state index in [0.29, 0.717) is 32.6 Å². The third kappa shape index (κ3) is 5.21. The molecular formula is C42H58N2O3S. The maximum absolute atomic E-state index is 11.6. The number of allylic oxidation sites excluding steroid dienone is 2. The summed E-state index contributed by atoms with van der Waals surface area (Å²) in [6.45, 7) is 15.2. The van der Waals surface area contributed by atoms with Gasteiger partial charge in [0, 0.05) is 6.54 Å². The number of carbonyl (C=O) groups is 1. The summed E-state index contributed by atoms with van der Waals surface area (Å²) in [7, 11) is -1.42. The maximum atomic E-state index is 11.6. The fraction of sp³-hybridized carbons (Fsp3) is 0.643. The standard InChI is InChI=1S/C42H58N2O3S/c1-38(2)32(29-10-12-30(13-11-29)37(45)46)18-22-39(3)35(38)19-23-41(5)36(39)17-16-33-34-7-6-21-42(34,25-24-40(33,41)4)27-44-26-20-28-8-14-31(15-9-28)48(43)47/h8-15,18,33-36,44H,6-7,16-17,19-27,43H2,1-5H3,(H,45,46)/t33?,34?,35?,36?,39?,40-,41?,42?,48?/m1/s1. The lowest BCUT2D eigenvalue weighted by Crippen LogP contribution is -2.65. The van der Waals surface area contributed by atoms with E-state index < -0.39 is 17.0 Å². The highest BCUT2D eigenvalue weighted by Gasteiger charge is 2.69. The molecule has 6 heteroatoms. The molecule has 0 radical (unpaired) electrons. The third-order valence-electron chi connectivity index (χ3n) is 15.8. The van der Waals surface area contributed by atoms with Crippen LogP contribution >= 0.6 is 0 Å². The van der Waals surface area contributed by atoms with Crippen LogP contribution in [0, 0.1) is 50.7 Å². The first kappa shape index (κ1) is 34.2. The van der Waals surface area contributed by atoms with Crippen molar-refractivity contribution in [3.05, 3.63) is 71.3 Å². The second kappa shape index (κ2) is 12.2. The summed E-state index contributed by atoms with van der Waals surface area (Å²) < 4.78 is 11.6. The van der Waals surface area contributed by atoms with Crippen molar-refractivity contribution in [3.63, 3.8) is 0 Å². The quantitative estimate of drug-likeness (QED) is 0.245. The number of fused-ring (bicyclic) bond motifs is 7. The lowest BCUT2D eigenvalue weighted by Gasteiger charge is -2.72. The number of rotatable bonds is 8. The molecule has 48 heavy (non-hydrogen) atoms. The minimum atomic E-state index is -1.42. The molecule has 0 spiro atoms. The first-order valence-electron chi connectivity index (χ1n) is 18.8. The van der Waals surface area contributed by atoms with Crippen LogP contribution in [0.25, 0.3) is 5.57 Å². The number of aromatic carboxylic acids is 1. The number of carboxylic acid groups (broad SMARTS) is 1. The van der Waals surface area contributed by atoms with Crippen LogP contribution in [0.3, 0.4) is 0 Å². The van der Waals surface area contributed by atoms with Crippen LogP contribution in [0.4, 0.5) is 0 Å². The van der Waals surface area contributed by atoms with Crippen LogP contribution in [0.1, 0.15) is 120 Å². The number of carboxylic acids is 1. The minimum Gasteiger partial charge on any atom is -0.478 e. The summed E-state index contributed by atoms with van der Waals surface area (Å²) in [4.78, 5) is 12.2. The van der Waals surface area contributed by atoms with Crippen molar-refractivity contribution in [2.75, 3.05) is 13.1 Å². The second-order valence-corrected chi connectivity index (χ2v) is 18.9. The van der Waals surface area contributed by atoms with Crippen molar-refractivity contribution in [1.29, 1.82) is 0 Å². The van der Waals surface area contributed by atoms with Gasteiger partial charge >= 0.3 is 5.97 Å². The third-order valence-corrected chi connectivity index (χ3v) is 16.5. The average Bonchev–Trinajstić information content (AvgIpc) is 3.48. The predicted octanol–water partition coefficient (Wildman–Crippen LogP) is 9.05. The van der Waals surface area contributed by atoms with Crippen molar-refractivity contribution in [1.82, 2.24) is 5.32 Å². The second-order valence-electron chi connectivity index (χ2n) is 17.8. The van der Waals surface area contributed by atoms with Gasteiger partial charge in [-0.05, 0) is 162 Å². The van der Waals surface area contributed by atoms with Crippen LogP contribution in [0.5, 0.6) is 0 Å². The molecule has 9 atom stereocenters. The summed E-state index contributed by atoms with van der Waals surface area (Å²) >= 11 is 0. The Morgan fingerprint density at radius 3 is 2.27 bits per heavy atom. The molecule has 260 valence electrons. The molecule has 8 unspecified atom stereocenters. The Labute approximate surface area is 291 Å². The molecule has 0 aromatic heterocycles. The molecule has 0 heterocycles. The van der Waals surface area contributed by atoms with Gasteiger partial charge in [0.05, 0.1) is 10.5 Å². The highest BCUT2D eigenvalue weighted by Crippen LogP contribution is 2.77. The molecule has 0 amide bonds. The van der Waals surface area contributed by atoms with E-state index in [0.717, 1.165) is 43.7 Å². The van der Waals surface area contributed by atoms with E-state index in [9.17, 15) is 14.1 Å². The van der Waals surface area contributed by atoms with Crippen LogP contribution < -0.4 is 10.5 Å². The zero-order chi connectivity index (χ0) is 34.1. The van der Waals surface area contributed by atoms with Crippen molar-refractivity contribution >= 4 is 22.5 Å². The number of nitrogens with two attached hydrogens (primary N) is 1. The molecule has 0 aliphatic heterocycles. The summed E-state index contributed by atoms with van der Waals surface area (Å²) in [6, 6.07) is 15.6. The summed E-state index contributed by atoms with van der Waals surface area (Å²) in [6.07, 6.45) is 16.9. The monoisotopic (exact) mass is 670 g/mol. The predicted molar refractivity (Wildman–Crippen MR) is 196 cm³/mol. The van der Waals surface area contributed by atoms with Gasteiger partial charge in [-0.3, -0.25) is 0 Å². The van der Waals surface area contributed by atoms with Gasteiger partial charge in [0.2, 0.25) is 0 Å². The first-order valence-corrected chi connectivity index (χ1v) is 20.0. The molecule has 7 rings (SSSR count). The zero-order valence-corrected chi connectivity index (χ0v) is 30.8. The van der Waals surface area contributed by atoms with Gasteiger partial charge < -0.3 is 10.4 Å². The molecule has 2 aromatic rings. The van der Waals surface area contributed by atoms with Crippen molar-refractivity contribution in [2.24, 2.45) is 55.9 Å². The normalized spacial score (nSPS) is 38.9. The molecule has 2 aromatic carbocycles. The Bertz CT molecular complexity index is 1600. The molecule has 4 N–H and O–H groups in total. The molecule has 0 bridgehead atoms. The van der Waals surface area contributed by atoms with Gasteiger partial charge in [0.1, 0.15) is 11.0 Å². The summed E-state index contributed by atoms with van der Waals surface area (Å²) in [5.41, 5.74) is 5.73. The van der Waals surface area contributed by atoms with Crippen molar-refractivity contribution in [3.8, 4) is 0 Å². The van der Waals surface area contributed by atoms with E-state index in [1.54, 1.807) is 12.1 Å². The Hall–Kier alpha value is -2.28. The number of nitrogens with one attached hydrogen (secondary N) is 1. The molecule has 5 aliphatic carbocycles. The smallest absolute Gasteiger partial charge is 0.335 e. The molecule has 0 saturated heterocycles. The van der Waals surface area contributed by atoms with Crippen LogP contribution in [-0.2, 0) is 17.4 Å². The zero-order valence-electron chi connectivity index (χ0n) is 29.9. The van der Waals surface area contributed by atoms with Crippen LogP contribution in [-0.4, -0.2) is 28.4 Å². The van der Waals surface area contributed by atoms with E-state index in [4.69, 9.17) is 5.14 Å². The highest BCUT2D eigenvalue weighted by molar-refractivity contribution is 7.82. The summed E-state index contributed by atoms with van der Waals surface area (Å²) in [5.74, 6) is 2.13. The van der Waals surface area contributed by atoms with E-state index in [2.05, 4.69) is 58.1 Å². The van der Waals surface area contributed by atoms with Gasteiger partial charge in [-0.25, -0.2) is 14.1 Å². The van der Waals surface area contributed by atoms with E-state index in [1.165, 1.54) is 74.5 Å². The summed E-state index contributed by atoms with van der Waals surface area (Å²) in [5, 5.41) is 18.9. The molecule has 4 fully saturated rings. The minimum absolute atomic E-state index is 0.0426. The van der Waals surface area contributed by atoms with Crippen molar-refractivity contribution < 1.29 is 14.1 Å². The lowest BCUT2D eigenvalue weighted by molar-refractivity contribution is -0.222. The van der Waals surface area contributed by atoms with Gasteiger partial charge in [0.15, 0.2) is 0 Å². The highest BCUT2D eigenvalue weighted by atomic mass is 32.2. The number of hydrogen-bond donors (Lipinski definition) is 3. The van der Waals surface area contributed by atoms with E-state index in [1.807, 2.05) is 24.3 Å². The molecule has 5 nitrogen and oxygen atoms in total. The van der Waals surface area contributed by atoms with Crippen LogP contribution in [0.2, 0.25) is 0 Å². The van der Waals surface area contributed by atoms with E-state index >= 15 is 0 Å². The lowest BCUT2D eigenvalue weighted by atomic mass is 9.32. The van der Waals surface area contributed by atoms with Gasteiger partial charge in [-0.15, -0.1) is 0 Å². The largest absolute Gasteiger partial charge is 0.478 e. The van der Waals surface area contributed by atoms with Gasteiger partial charge in [0.25, 0.3) is 0 Å². The number of benzene rings is 2. The van der Waals surface area contributed by atoms with Gasteiger partial charge in [-0.2, -0.15) is 0 Å². The van der Waals surface area contributed by atoms with E-state index in [-0.39, 0.29) is 10.8 Å². The fourth-order valence-electron chi connectivity index (χ4n) is 13.3. The molecular weight excluding hydrogens is 613 g/mol. The van der Waals surface area contributed by atoms with Crippen LogP contribution in [0.15, 0.2) is 59.5 Å². The fourth-order valence-corrected chi connectivity index (χ4v) is 13.7. The Morgan fingerprint density at radius 2 is 1.58 bits per heavy atom. The topological polar surface area (TPSA) is 92.4 Å². The maximum Gasteiger partial charge on any atom is 0.335 e. The molecule has 5 aliphatic rings. The first-order chi connectivity index (χ1) is 22.8. The van der Waals surface area contributed by atoms with Gasteiger partial charge in [-0.1, -0.05) is 71.4 Å². The Morgan fingerprint density at radius 1 is 0.854 bits per heavy atom.